The summed E-state index contributed by atoms with van der Waals surface area (Å²) in [6.07, 6.45) is 0. The lowest BCUT2D eigenvalue weighted by atomic mass is 10.2. The highest BCUT2D eigenvalue weighted by atomic mass is 35.5. The van der Waals surface area contributed by atoms with Gasteiger partial charge in [0.25, 0.3) is 0 Å². The molecule has 2 aromatic carbocycles. The number of aromatic amines is 1. The van der Waals surface area contributed by atoms with Crippen molar-refractivity contribution in [2.75, 3.05) is 5.32 Å². The highest BCUT2D eigenvalue weighted by Gasteiger charge is 2.07. The van der Waals surface area contributed by atoms with E-state index in [2.05, 4.69) is 15.3 Å². The SMILES string of the molecule is Cc1cc2[nH]c(Nc3ccc(Cl)c(Cl)c3)nc2cc1Cl.Cl. The first-order chi connectivity index (χ1) is 9.52. The Bertz CT molecular complexity index is 759. The molecule has 1 aromatic heterocycles. The summed E-state index contributed by atoms with van der Waals surface area (Å²) >= 11 is 18.0. The van der Waals surface area contributed by atoms with Crippen molar-refractivity contribution in [3.05, 3.63) is 51.0 Å². The van der Waals surface area contributed by atoms with E-state index in [1.54, 1.807) is 12.1 Å². The number of H-pyrrole nitrogens is 1. The van der Waals surface area contributed by atoms with Gasteiger partial charge >= 0.3 is 0 Å². The number of aryl methyl sites for hydroxylation is 1. The summed E-state index contributed by atoms with van der Waals surface area (Å²) < 4.78 is 0. The molecule has 3 rings (SSSR count). The normalized spacial score (nSPS) is 10.5. The van der Waals surface area contributed by atoms with E-state index in [0.29, 0.717) is 21.0 Å². The number of hydrogen-bond acceptors (Lipinski definition) is 2. The number of benzene rings is 2. The lowest BCUT2D eigenvalue weighted by Gasteiger charge is -2.03. The molecule has 0 radical (unpaired) electrons. The molecule has 3 aromatic rings. The van der Waals surface area contributed by atoms with Gasteiger partial charge in [0.05, 0.1) is 21.1 Å². The average molecular weight is 363 g/mol. The first-order valence-electron chi connectivity index (χ1n) is 5.91. The Hall–Kier alpha value is -1.13. The minimum Gasteiger partial charge on any atom is -0.326 e. The molecule has 0 unspecified atom stereocenters. The predicted octanol–water partition coefficient (Wildman–Crippen LogP) is 6.00. The van der Waals surface area contributed by atoms with Crippen LogP contribution in [0.2, 0.25) is 15.1 Å². The summed E-state index contributed by atoms with van der Waals surface area (Å²) in [5.41, 5.74) is 3.54. The fourth-order valence-corrected chi connectivity index (χ4v) is 2.37. The number of rotatable bonds is 2. The zero-order valence-electron chi connectivity index (χ0n) is 10.9. The summed E-state index contributed by atoms with van der Waals surface area (Å²) in [5.74, 6) is 0.625. The summed E-state index contributed by atoms with van der Waals surface area (Å²) in [4.78, 5) is 7.62. The van der Waals surface area contributed by atoms with Gasteiger partial charge in [-0.2, -0.15) is 0 Å². The molecular weight excluding hydrogens is 352 g/mol. The lowest BCUT2D eigenvalue weighted by molar-refractivity contribution is 1.31. The topological polar surface area (TPSA) is 40.7 Å². The first kappa shape index (κ1) is 16.2. The smallest absolute Gasteiger partial charge is 0.205 e. The fraction of sp³-hybridized carbons (Fsp3) is 0.0714. The molecule has 0 aliphatic carbocycles. The van der Waals surface area contributed by atoms with Crippen LogP contribution in [-0.2, 0) is 0 Å². The maximum absolute atomic E-state index is 6.09. The van der Waals surface area contributed by atoms with E-state index in [-0.39, 0.29) is 12.4 Å². The minimum atomic E-state index is 0. The molecule has 21 heavy (non-hydrogen) atoms. The molecule has 0 fully saturated rings. The molecule has 110 valence electrons. The number of nitrogens with zero attached hydrogens (tertiary/aromatic N) is 1. The Labute approximate surface area is 143 Å². The van der Waals surface area contributed by atoms with E-state index in [1.807, 2.05) is 25.1 Å². The van der Waals surface area contributed by atoms with Gasteiger partial charge in [-0.15, -0.1) is 12.4 Å². The molecular formula is C14H11Cl4N3. The standard InChI is InChI=1S/C14H10Cl3N3.ClH/c1-7-4-12-13(6-10(7)16)20-14(19-12)18-8-2-3-9(15)11(17)5-8;/h2-6H,1H3,(H2,18,19,20);1H. The third-order valence-corrected chi connectivity index (χ3v) is 4.09. The van der Waals surface area contributed by atoms with Crippen molar-refractivity contribution >= 4 is 69.9 Å². The second-order valence-electron chi connectivity index (χ2n) is 4.46. The zero-order valence-corrected chi connectivity index (χ0v) is 14.0. The van der Waals surface area contributed by atoms with Gasteiger partial charge in [-0.05, 0) is 42.8 Å². The third-order valence-electron chi connectivity index (χ3n) is 2.94. The summed E-state index contributed by atoms with van der Waals surface area (Å²) in [7, 11) is 0. The van der Waals surface area contributed by atoms with Crippen molar-refractivity contribution in [2.45, 2.75) is 6.92 Å². The van der Waals surface area contributed by atoms with Crippen LogP contribution in [0.1, 0.15) is 5.56 Å². The van der Waals surface area contributed by atoms with E-state index >= 15 is 0 Å². The quantitative estimate of drug-likeness (QED) is 0.587. The van der Waals surface area contributed by atoms with Gasteiger partial charge in [-0.25, -0.2) is 4.98 Å². The van der Waals surface area contributed by atoms with E-state index in [9.17, 15) is 0 Å². The second kappa shape index (κ2) is 6.32. The van der Waals surface area contributed by atoms with Crippen molar-refractivity contribution in [2.24, 2.45) is 0 Å². The van der Waals surface area contributed by atoms with Gasteiger partial charge in [0.15, 0.2) is 0 Å². The van der Waals surface area contributed by atoms with Crippen molar-refractivity contribution < 1.29 is 0 Å². The fourth-order valence-electron chi connectivity index (χ4n) is 1.91. The Morgan fingerprint density at radius 2 is 1.76 bits per heavy atom. The van der Waals surface area contributed by atoms with Gasteiger partial charge in [0, 0.05) is 10.7 Å². The number of halogens is 4. The van der Waals surface area contributed by atoms with Crippen molar-refractivity contribution in [1.82, 2.24) is 9.97 Å². The molecule has 0 spiro atoms. The molecule has 0 aliphatic rings. The monoisotopic (exact) mass is 361 g/mol. The zero-order chi connectivity index (χ0) is 14.3. The summed E-state index contributed by atoms with van der Waals surface area (Å²) in [6.45, 7) is 1.95. The van der Waals surface area contributed by atoms with E-state index in [0.717, 1.165) is 22.3 Å². The molecule has 2 N–H and O–H groups in total. The van der Waals surface area contributed by atoms with Crippen LogP contribution >= 0.6 is 47.2 Å². The highest BCUT2D eigenvalue weighted by molar-refractivity contribution is 6.42. The van der Waals surface area contributed by atoms with Crippen LogP contribution in [0.25, 0.3) is 11.0 Å². The van der Waals surface area contributed by atoms with Crippen molar-refractivity contribution in [3.8, 4) is 0 Å². The van der Waals surface area contributed by atoms with Crippen molar-refractivity contribution in [3.63, 3.8) is 0 Å². The Morgan fingerprint density at radius 3 is 2.48 bits per heavy atom. The van der Waals surface area contributed by atoms with E-state index in [1.165, 1.54) is 0 Å². The van der Waals surface area contributed by atoms with Gasteiger partial charge in [-0.1, -0.05) is 34.8 Å². The van der Waals surface area contributed by atoms with E-state index < -0.39 is 0 Å². The van der Waals surface area contributed by atoms with E-state index in [4.69, 9.17) is 34.8 Å². The van der Waals surface area contributed by atoms with Crippen LogP contribution < -0.4 is 5.32 Å². The molecule has 1 heterocycles. The Morgan fingerprint density at radius 1 is 1.00 bits per heavy atom. The van der Waals surface area contributed by atoms with Gasteiger partial charge < -0.3 is 10.3 Å². The number of aromatic nitrogens is 2. The van der Waals surface area contributed by atoms with Gasteiger partial charge in [-0.3, -0.25) is 0 Å². The molecule has 0 bridgehead atoms. The molecule has 3 nitrogen and oxygen atoms in total. The Kier molecular flexibility index (Phi) is 4.89. The second-order valence-corrected chi connectivity index (χ2v) is 5.68. The summed E-state index contributed by atoms with van der Waals surface area (Å²) in [6, 6.07) is 9.11. The molecule has 0 amide bonds. The number of hydrogen-bond donors (Lipinski definition) is 2. The average Bonchev–Trinajstić information content (AvgIpc) is 2.76. The lowest BCUT2D eigenvalue weighted by Crippen LogP contribution is -1.91. The number of anilines is 2. The number of imidazole rings is 1. The van der Waals surface area contributed by atoms with Crippen LogP contribution in [0.3, 0.4) is 0 Å². The van der Waals surface area contributed by atoms with Crippen molar-refractivity contribution in [1.29, 1.82) is 0 Å². The van der Waals surface area contributed by atoms with Crippen LogP contribution in [0, 0.1) is 6.92 Å². The predicted molar refractivity (Wildman–Crippen MR) is 92.8 cm³/mol. The van der Waals surface area contributed by atoms with Gasteiger partial charge in [0.2, 0.25) is 5.95 Å². The molecule has 7 heteroatoms. The first-order valence-corrected chi connectivity index (χ1v) is 7.04. The molecule has 0 atom stereocenters. The molecule has 0 aliphatic heterocycles. The minimum absolute atomic E-state index is 0. The van der Waals surface area contributed by atoms with Crippen LogP contribution in [0.5, 0.6) is 0 Å². The Balaban J connectivity index is 0.00000161. The maximum Gasteiger partial charge on any atom is 0.205 e. The number of nitrogens with one attached hydrogen (secondary N) is 2. The highest BCUT2D eigenvalue weighted by Crippen LogP contribution is 2.28. The third kappa shape index (κ3) is 3.38. The largest absolute Gasteiger partial charge is 0.326 e. The van der Waals surface area contributed by atoms with Crippen LogP contribution in [-0.4, -0.2) is 9.97 Å². The molecule has 0 saturated heterocycles. The summed E-state index contributed by atoms with van der Waals surface area (Å²) in [5, 5.41) is 4.86. The number of fused-ring (bicyclic) bond motifs is 1. The van der Waals surface area contributed by atoms with Gasteiger partial charge in [0.1, 0.15) is 0 Å². The van der Waals surface area contributed by atoms with Crippen LogP contribution in [0.15, 0.2) is 30.3 Å². The molecule has 0 saturated carbocycles. The van der Waals surface area contributed by atoms with Crippen LogP contribution in [0.4, 0.5) is 11.6 Å². The maximum atomic E-state index is 6.09.